The zero-order valence-electron chi connectivity index (χ0n) is 11.0. The fraction of sp³-hybridized carbons (Fsp3) is 0.400. The van der Waals surface area contributed by atoms with Gasteiger partial charge < -0.3 is 0 Å². The second-order valence-electron chi connectivity index (χ2n) is 4.39. The van der Waals surface area contributed by atoms with Crippen molar-refractivity contribution in [2.75, 3.05) is 0 Å². The molecule has 0 aromatic carbocycles. The molecule has 1 N–H and O–H groups in total. The van der Waals surface area contributed by atoms with E-state index < -0.39 is 22.2 Å². The molecule has 2 heterocycles. The van der Waals surface area contributed by atoms with E-state index in [4.69, 9.17) is 0 Å². The van der Waals surface area contributed by atoms with Gasteiger partial charge in [-0.15, -0.1) is 0 Å². The van der Waals surface area contributed by atoms with Crippen LogP contribution >= 0.6 is 0 Å². The first-order chi connectivity index (χ1) is 9.59. The molecular formula is C10H12F3N5O2S. The molecule has 0 radical (unpaired) electrons. The maximum atomic E-state index is 13.1. The lowest BCUT2D eigenvalue weighted by Gasteiger charge is -2.19. The van der Waals surface area contributed by atoms with Crippen molar-refractivity contribution in [3.05, 3.63) is 30.4 Å². The molecule has 0 bridgehead atoms. The summed E-state index contributed by atoms with van der Waals surface area (Å²) in [6.45, 7) is 0. The molecule has 116 valence electrons. The minimum atomic E-state index is -4.79. The van der Waals surface area contributed by atoms with Gasteiger partial charge in [-0.05, 0) is 0 Å². The van der Waals surface area contributed by atoms with E-state index >= 15 is 0 Å². The second kappa shape index (κ2) is 5.15. The number of hydrogen-bond donors (Lipinski definition) is 1. The first-order valence-corrected chi connectivity index (χ1v) is 7.14. The monoisotopic (exact) mass is 323 g/mol. The van der Waals surface area contributed by atoms with E-state index in [2.05, 4.69) is 10.2 Å². The topological polar surface area (TPSA) is 81.8 Å². The Hall–Kier alpha value is -1.88. The Morgan fingerprint density at radius 3 is 2.14 bits per heavy atom. The van der Waals surface area contributed by atoms with E-state index in [1.54, 1.807) is 4.72 Å². The Balaban J connectivity index is 2.36. The molecule has 0 saturated carbocycles. The van der Waals surface area contributed by atoms with Gasteiger partial charge in [0.05, 0.1) is 12.4 Å². The molecule has 0 aliphatic carbocycles. The van der Waals surface area contributed by atoms with E-state index in [0.717, 1.165) is 29.5 Å². The predicted molar refractivity (Wildman–Crippen MR) is 65.5 cm³/mol. The number of aromatic nitrogens is 4. The Bertz CT molecular complexity index is 734. The van der Waals surface area contributed by atoms with Gasteiger partial charge in [-0.3, -0.25) is 9.36 Å². The Labute approximate surface area is 118 Å². The minimum absolute atomic E-state index is 0.294. The summed E-state index contributed by atoms with van der Waals surface area (Å²) >= 11 is 0. The molecule has 0 saturated heterocycles. The van der Waals surface area contributed by atoms with Crippen LogP contribution in [-0.2, 0) is 24.1 Å². The third-order valence-corrected chi connectivity index (χ3v) is 4.03. The zero-order valence-corrected chi connectivity index (χ0v) is 11.9. The lowest BCUT2D eigenvalue weighted by Crippen LogP contribution is -2.37. The summed E-state index contributed by atoms with van der Waals surface area (Å²) in [6, 6.07) is -2.38. The van der Waals surface area contributed by atoms with Crippen molar-refractivity contribution < 1.29 is 21.6 Å². The molecule has 2 rings (SSSR count). The molecule has 0 spiro atoms. The average Bonchev–Trinajstić information content (AvgIpc) is 2.94. The van der Waals surface area contributed by atoms with Crippen molar-refractivity contribution in [2.45, 2.75) is 17.1 Å². The summed E-state index contributed by atoms with van der Waals surface area (Å²) in [5.74, 6) is 0. The van der Waals surface area contributed by atoms with Crippen LogP contribution in [0.5, 0.6) is 0 Å². The van der Waals surface area contributed by atoms with Gasteiger partial charge in [0.2, 0.25) is 10.0 Å². The molecule has 21 heavy (non-hydrogen) atoms. The third kappa shape index (κ3) is 3.42. The number of rotatable bonds is 4. The maximum absolute atomic E-state index is 13.1. The fourth-order valence-corrected chi connectivity index (χ4v) is 2.87. The quantitative estimate of drug-likeness (QED) is 0.899. The van der Waals surface area contributed by atoms with Crippen molar-refractivity contribution >= 4 is 10.0 Å². The molecule has 11 heteroatoms. The number of nitrogens with zero attached hydrogens (tertiary/aromatic N) is 4. The first-order valence-electron chi connectivity index (χ1n) is 5.66. The molecule has 0 amide bonds. The smallest absolute Gasteiger partial charge is 0.275 e. The number of halogens is 3. The van der Waals surface area contributed by atoms with E-state index in [0.29, 0.717) is 0 Å². The number of nitrogens with one attached hydrogen (secondary N) is 1. The van der Waals surface area contributed by atoms with Gasteiger partial charge in [0.15, 0.2) is 0 Å². The highest BCUT2D eigenvalue weighted by atomic mass is 32.2. The summed E-state index contributed by atoms with van der Waals surface area (Å²) in [6.07, 6.45) is -0.649. The van der Waals surface area contributed by atoms with Crippen LogP contribution in [0.15, 0.2) is 29.7 Å². The van der Waals surface area contributed by atoms with Crippen LogP contribution in [0.1, 0.15) is 11.6 Å². The molecule has 0 aliphatic rings. The Morgan fingerprint density at radius 2 is 1.71 bits per heavy atom. The lowest BCUT2D eigenvalue weighted by molar-refractivity contribution is -0.153. The van der Waals surface area contributed by atoms with Crippen LogP contribution in [0, 0.1) is 0 Å². The minimum Gasteiger partial charge on any atom is -0.275 e. The van der Waals surface area contributed by atoms with Crippen molar-refractivity contribution in [1.29, 1.82) is 0 Å². The van der Waals surface area contributed by atoms with Crippen molar-refractivity contribution in [2.24, 2.45) is 14.1 Å². The summed E-state index contributed by atoms with van der Waals surface area (Å²) < 4.78 is 67.2. The zero-order chi connectivity index (χ0) is 15.8. The molecule has 2 aromatic heterocycles. The van der Waals surface area contributed by atoms with Gasteiger partial charge in [0.25, 0.3) is 0 Å². The highest BCUT2D eigenvalue weighted by Gasteiger charge is 2.44. The third-order valence-electron chi connectivity index (χ3n) is 2.65. The molecule has 0 fully saturated rings. The van der Waals surface area contributed by atoms with Crippen molar-refractivity contribution in [3.8, 4) is 0 Å². The van der Waals surface area contributed by atoms with E-state index in [1.807, 2.05) is 0 Å². The maximum Gasteiger partial charge on any atom is 0.408 e. The molecule has 0 aliphatic heterocycles. The molecule has 1 atom stereocenters. The van der Waals surface area contributed by atoms with E-state index in [9.17, 15) is 21.6 Å². The van der Waals surface area contributed by atoms with Crippen LogP contribution in [0.2, 0.25) is 0 Å². The van der Waals surface area contributed by atoms with E-state index in [-0.39, 0.29) is 10.5 Å². The normalized spacial score (nSPS) is 14.3. The van der Waals surface area contributed by atoms with Gasteiger partial charge in [-0.25, -0.2) is 8.42 Å². The number of aryl methyl sites for hydroxylation is 2. The summed E-state index contributed by atoms with van der Waals surface area (Å²) in [7, 11) is -1.45. The Kier molecular flexibility index (Phi) is 3.80. The SMILES string of the molecule is Cn1cc(C(NS(=O)(=O)c2cnn(C)c2)C(F)(F)F)cn1. The molecular weight excluding hydrogens is 311 g/mol. The predicted octanol–water partition coefficient (Wildman–Crippen LogP) is 0.735. The molecule has 2 aromatic rings. The highest BCUT2D eigenvalue weighted by molar-refractivity contribution is 7.89. The van der Waals surface area contributed by atoms with Crippen LogP contribution < -0.4 is 4.72 Å². The lowest BCUT2D eigenvalue weighted by atomic mass is 10.2. The number of sulfonamides is 1. The largest absolute Gasteiger partial charge is 0.408 e. The molecule has 7 nitrogen and oxygen atoms in total. The van der Waals surface area contributed by atoms with Crippen LogP contribution in [0.3, 0.4) is 0 Å². The average molecular weight is 323 g/mol. The second-order valence-corrected chi connectivity index (χ2v) is 6.11. The van der Waals surface area contributed by atoms with Crippen molar-refractivity contribution in [1.82, 2.24) is 24.3 Å². The van der Waals surface area contributed by atoms with Gasteiger partial charge in [0.1, 0.15) is 10.9 Å². The number of alkyl halides is 3. The number of hydrogen-bond acceptors (Lipinski definition) is 4. The van der Waals surface area contributed by atoms with Gasteiger partial charge >= 0.3 is 6.18 Å². The van der Waals surface area contributed by atoms with Crippen LogP contribution in [-0.4, -0.2) is 34.2 Å². The van der Waals surface area contributed by atoms with E-state index in [1.165, 1.54) is 18.8 Å². The summed E-state index contributed by atoms with van der Waals surface area (Å²) in [4.78, 5) is -0.344. The summed E-state index contributed by atoms with van der Waals surface area (Å²) in [5.41, 5.74) is -0.294. The van der Waals surface area contributed by atoms with Gasteiger partial charge in [-0.1, -0.05) is 0 Å². The van der Waals surface area contributed by atoms with Crippen LogP contribution in [0.25, 0.3) is 0 Å². The molecule has 1 unspecified atom stereocenters. The van der Waals surface area contributed by atoms with Crippen molar-refractivity contribution in [3.63, 3.8) is 0 Å². The van der Waals surface area contributed by atoms with Gasteiger partial charge in [-0.2, -0.15) is 28.1 Å². The standard InChI is InChI=1S/C10H12F3N5O2S/c1-17-5-7(3-14-17)9(10(11,12)13)16-21(19,20)8-4-15-18(2)6-8/h3-6,9,16H,1-2H3. The fourth-order valence-electron chi connectivity index (χ4n) is 1.67. The van der Waals surface area contributed by atoms with Gasteiger partial charge in [0, 0.05) is 32.1 Å². The summed E-state index contributed by atoms with van der Waals surface area (Å²) in [5, 5.41) is 7.25. The highest BCUT2D eigenvalue weighted by Crippen LogP contribution is 2.33. The van der Waals surface area contributed by atoms with Crippen LogP contribution in [0.4, 0.5) is 13.2 Å². The Morgan fingerprint density at radius 1 is 1.14 bits per heavy atom. The first kappa shape index (κ1) is 15.5.